The Balaban J connectivity index is 1.49. The lowest BCUT2D eigenvalue weighted by Gasteiger charge is -2.20. The predicted octanol–water partition coefficient (Wildman–Crippen LogP) is 2.28. The van der Waals surface area contributed by atoms with Crippen molar-refractivity contribution in [3.8, 4) is 5.75 Å². The van der Waals surface area contributed by atoms with Crippen molar-refractivity contribution in [2.75, 3.05) is 85.0 Å². The van der Waals surface area contributed by atoms with Crippen LogP contribution >= 0.6 is 0 Å². The van der Waals surface area contributed by atoms with Crippen LogP contribution in [-0.2, 0) is 28.4 Å². The Kier molecular flexibility index (Phi) is 10.9. The molecule has 0 spiro atoms. The summed E-state index contributed by atoms with van der Waals surface area (Å²) in [5.41, 5.74) is 6.77. The summed E-state index contributed by atoms with van der Waals surface area (Å²) in [5, 5.41) is 2.15. The minimum Gasteiger partial charge on any atom is -0.489 e. The molecule has 0 bridgehead atoms. The normalized spacial score (nSPS) is 21.2. The third-order valence-electron chi connectivity index (χ3n) is 4.68. The van der Waals surface area contributed by atoms with Crippen LogP contribution in [0.25, 0.3) is 10.8 Å². The first kappa shape index (κ1) is 23.7. The summed E-state index contributed by atoms with van der Waals surface area (Å²) in [4.78, 5) is 0. The molecule has 0 radical (unpaired) electrons. The van der Waals surface area contributed by atoms with Crippen molar-refractivity contribution in [3.05, 3.63) is 36.4 Å². The van der Waals surface area contributed by atoms with Crippen LogP contribution in [0, 0.1) is 0 Å². The zero-order chi connectivity index (χ0) is 21.6. The van der Waals surface area contributed by atoms with E-state index in [1.165, 1.54) is 0 Å². The number of anilines is 1. The van der Waals surface area contributed by atoms with E-state index in [1.54, 1.807) is 0 Å². The molecule has 31 heavy (non-hydrogen) atoms. The van der Waals surface area contributed by atoms with Gasteiger partial charge in [0.25, 0.3) is 0 Å². The van der Waals surface area contributed by atoms with Crippen molar-refractivity contribution >= 4 is 16.5 Å². The molecule has 3 rings (SSSR count). The van der Waals surface area contributed by atoms with Crippen molar-refractivity contribution in [1.82, 2.24) is 0 Å². The van der Waals surface area contributed by atoms with Gasteiger partial charge in [-0.1, -0.05) is 24.3 Å². The van der Waals surface area contributed by atoms with Crippen molar-refractivity contribution in [2.45, 2.75) is 6.10 Å². The SMILES string of the molecule is Nc1cc2ccccc2cc1OCC1COCCOCCOCCOCCOCCO1. The molecule has 2 aromatic carbocycles. The maximum atomic E-state index is 6.17. The van der Waals surface area contributed by atoms with Crippen LogP contribution in [0.1, 0.15) is 0 Å². The summed E-state index contributed by atoms with van der Waals surface area (Å²) < 4.78 is 39.5. The number of ether oxygens (including phenoxy) is 7. The maximum Gasteiger partial charge on any atom is 0.142 e. The number of benzene rings is 2. The molecule has 2 aromatic rings. The number of nitrogen functional groups attached to an aromatic ring is 1. The van der Waals surface area contributed by atoms with Gasteiger partial charge >= 0.3 is 0 Å². The zero-order valence-electron chi connectivity index (χ0n) is 18.0. The molecule has 0 aliphatic carbocycles. The molecule has 1 heterocycles. The average Bonchev–Trinajstić information content (AvgIpc) is 2.78. The van der Waals surface area contributed by atoms with Crippen molar-refractivity contribution in [3.63, 3.8) is 0 Å². The summed E-state index contributed by atoms with van der Waals surface area (Å²) in [5.74, 6) is 0.637. The molecule has 172 valence electrons. The molecule has 1 unspecified atom stereocenters. The van der Waals surface area contributed by atoms with Gasteiger partial charge in [-0.3, -0.25) is 0 Å². The fraction of sp³-hybridized carbons (Fsp3) is 0.565. The lowest BCUT2D eigenvalue weighted by atomic mass is 10.1. The fourth-order valence-corrected chi connectivity index (χ4v) is 3.06. The standard InChI is InChI=1S/C23H33NO7/c24-22-15-19-3-1-2-4-20(19)16-23(22)31-18-21-17-29-12-11-27-8-7-25-5-6-26-9-10-28-13-14-30-21/h1-4,15-16,21H,5-14,17-18,24H2. The summed E-state index contributed by atoms with van der Waals surface area (Å²) in [6, 6.07) is 11.9. The highest BCUT2D eigenvalue weighted by Crippen LogP contribution is 2.28. The van der Waals surface area contributed by atoms with Crippen molar-refractivity contribution in [2.24, 2.45) is 0 Å². The minimum atomic E-state index is -0.257. The Hall–Kier alpha value is -1.94. The second-order valence-corrected chi connectivity index (χ2v) is 7.07. The van der Waals surface area contributed by atoms with Gasteiger partial charge < -0.3 is 38.9 Å². The van der Waals surface area contributed by atoms with Crippen LogP contribution in [0.5, 0.6) is 5.75 Å². The van der Waals surface area contributed by atoms with Crippen LogP contribution in [0.4, 0.5) is 5.69 Å². The van der Waals surface area contributed by atoms with Gasteiger partial charge in [0.15, 0.2) is 0 Å². The van der Waals surface area contributed by atoms with Gasteiger partial charge in [0.1, 0.15) is 18.5 Å². The molecular formula is C23H33NO7. The smallest absolute Gasteiger partial charge is 0.142 e. The first-order valence-corrected chi connectivity index (χ1v) is 10.7. The molecule has 2 N–H and O–H groups in total. The average molecular weight is 436 g/mol. The lowest BCUT2D eigenvalue weighted by molar-refractivity contribution is -0.0710. The number of rotatable bonds is 3. The van der Waals surface area contributed by atoms with Gasteiger partial charge in [0.05, 0.1) is 78.4 Å². The monoisotopic (exact) mass is 435 g/mol. The summed E-state index contributed by atoms with van der Waals surface area (Å²) in [6.45, 7) is 5.76. The Morgan fingerprint density at radius 3 is 1.84 bits per heavy atom. The second kappa shape index (κ2) is 14.2. The number of hydrogen-bond donors (Lipinski definition) is 1. The van der Waals surface area contributed by atoms with Crippen LogP contribution in [0.2, 0.25) is 0 Å². The lowest BCUT2D eigenvalue weighted by Crippen LogP contribution is -2.29. The Bertz CT molecular complexity index is 740. The number of nitrogens with two attached hydrogens (primary N) is 1. The predicted molar refractivity (Wildman–Crippen MR) is 118 cm³/mol. The van der Waals surface area contributed by atoms with E-state index in [0.717, 1.165) is 10.8 Å². The van der Waals surface area contributed by atoms with E-state index in [9.17, 15) is 0 Å². The second-order valence-electron chi connectivity index (χ2n) is 7.07. The summed E-state index contributed by atoms with van der Waals surface area (Å²) >= 11 is 0. The van der Waals surface area contributed by atoms with E-state index >= 15 is 0 Å². The quantitative estimate of drug-likeness (QED) is 0.735. The first-order chi connectivity index (χ1) is 15.3. The molecule has 1 atom stereocenters. The molecule has 1 aliphatic heterocycles. The van der Waals surface area contributed by atoms with Crippen LogP contribution in [0.15, 0.2) is 36.4 Å². The van der Waals surface area contributed by atoms with Gasteiger partial charge in [-0.05, 0) is 22.9 Å². The summed E-state index contributed by atoms with van der Waals surface area (Å²) in [7, 11) is 0. The molecule has 8 heteroatoms. The Labute approximate surface area is 183 Å². The van der Waals surface area contributed by atoms with E-state index < -0.39 is 0 Å². The van der Waals surface area contributed by atoms with Gasteiger partial charge in [-0.15, -0.1) is 0 Å². The molecule has 1 fully saturated rings. The summed E-state index contributed by atoms with van der Waals surface area (Å²) in [6.07, 6.45) is -0.257. The maximum absolute atomic E-state index is 6.17. The highest BCUT2D eigenvalue weighted by atomic mass is 16.6. The first-order valence-electron chi connectivity index (χ1n) is 10.7. The number of hydrogen-bond acceptors (Lipinski definition) is 8. The molecule has 1 saturated heterocycles. The van der Waals surface area contributed by atoms with E-state index in [1.807, 2.05) is 36.4 Å². The molecule has 0 amide bonds. The highest BCUT2D eigenvalue weighted by molar-refractivity contribution is 5.88. The van der Waals surface area contributed by atoms with Gasteiger partial charge in [0, 0.05) is 0 Å². The van der Waals surface area contributed by atoms with E-state index in [-0.39, 0.29) is 6.10 Å². The molecule has 8 nitrogen and oxygen atoms in total. The minimum absolute atomic E-state index is 0.257. The van der Waals surface area contributed by atoms with Crippen molar-refractivity contribution in [1.29, 1.82) is 0 Å². The highest BCUT2D eigenvalue weighted by Gasteiger charge is 2.13. The van der Waals surface area contributed by atoms with E-state index in [0.29, 0.717) is 90.7 Å². The molecule has 0 saturated carbocycles. The largest absolute Gasteiger partial charge is 0.489 e. The van der Waals surface area contributed by atoms with Crippen LogP contribution < -0.4 is 10.5 Å². The van der Waals surface area contributed by atoms with Gasteiger partial charge in [0.2, 0.25) is 0 Å². The van der Waals surface area contributed by atoms with Gasteiger partial charge in [-0.2, -0.15) is 0 Å². The van der Waals surface area contributed by atoms with E-state index in [2.05, 4.69) is 0 Å². The zero-order valence-corrected chi connectivity index (χ0v) is 18.0. The topological polar surface area (TPSA) is 90.6 Å². The van der Waals surface area contributed by atoms with Crippen LogP contribution in [0.3, 0.4) is 0 Å². The number of fused-ring (bicyclic) bond motifs is 1. The third-order valence-corrected chi connectivity index (χ3v) is 4.68. The fourth-order valence-electron chi connectivity index (χ4n) is 3.06. The molecule has 0 aromatic heterocycles. The van der Waals surface area contributed by atoms with Gasteiger partial charge in [-0.25, -0.2) is 0 Å². The van der Waals surface area contributed by atoms with Crippen LogP contribution in [-0.4, -0.2) is 85.4 Å². The third kappa shape index (κ3) is 8.98. The molecular weight excluding hydrogens is 402 g/mol. The van der Waals surface area contributed by atoms with E-state index in [4.69, 9.17) is 38.9 Å². The Morgan fingerprint density at radius 1 is 0.710 bits per heavy atom. The van der Waals surface area contributed by atoms with Crippen molar-refractivity contribution < 1.29 is 33.2 Å². The Morgan fingerprint density at radius 2 is 1.23 bits per heavy atom. The molecule has 1 aliphatic rings.